The van der Waals surface area contributed by atoms with Gasteiger partial charge in [-0.1, -0.05) is 12.1 Å². The molecule has 0 aliphatic carbocycles. The molecule has 1 atom stereocenters. The van der Waals surface area contributed by atoms with E-state index in [0.29, 0.717) is 32.4 Å². The van der Waals surface area contributed by atoms with Gasteiger partial charge in [-0.15, -0.1) is 0 Å². The molecule has 0 unspecified atom stereocenters. The van der Waals surface area contributed by atoms with Crippen LogP contribution in [0.1, 0.15) is 30.9 Å². The average Bonchev–Trinajstić information content (AvgIpc) is 3.02. The number of hydrogen-bond donors (Lipinski definition) is 2. The zero-order valence-corrected chi connectivity index (χ0v) is 14.0. The van der Waals surface area contributed by atoms with E-state index in [9.17, 15) is 14.7 Å². The third kappa shape index (κ3) is 3.53. The molecule has 2 amide bonds. The summed E-state index contributed by atoms with van der Waals surface area (Å²) in [6.07, 6.45) is 2.65. The Morgan fingerprint density at radius 2 is 2.25 bits per heavy atom. The van der Waals surface area contributed by atoms with Crippen molar-refractivity contribution in [3.8, 4) is 5.75 Å². The third-order valence-corrected chi connectivity index (χ3v) is 4.79. The topological polar surface area (TPSA) is 78.9 Å². The highest BCUT2D eigenvalue weighted by molar-refractivity contribution is 5.86. The van der Waals surface area contributed by atoms with E-state index in [4.69, 9.17) is 4.74 Å². The molecule has 0 saturated carbocycles. The summed E-state index contributed by atoms with van der Waals surface area (Å²) in [6.45, 7) is 3.32. The van der Waals surface area contributed by atoms with Gasteiger partial charge in [-0.2, -0.15) is 0 Å². The van der Waals surface area contributed by atoms with E-state index < -0.39 is 11.5 Å². The van der Waals surface area contributed by atoms with Gasteiger partial charge in [0.25, 0.3) is 5.91 Å². The van der Waals surface area contributed by atoms with Gasteiger partial charge in [-0.05, 0) is 36.5 Å². The molecule has 0 aromatic heterocycles. The van der Waals surface area contributed by atoms with E-state index >= 15 is 0 Å². The van der Waals surface area contributed by atoms with Crippen molar-refractivity contribution in [2.75, 3.05) is 26.2 Å². The number of hydrogen-bond acceptors (Lipinski definition) is 4. The van der Waals surface area contributed by atoms with E-state index in [1.54, 1.807) is 0 Å². The molecule has 1 aromatic rings. The zero-order chi connectivity index (χ0) is 17.2. The van der Waals surface area contributed by atoms with Crippen LogP contribution < -0.4 is 10.1 Å². The minimum absolute atomic E-state index is 0.0738. The van der Waals surface area contributed by atoms with Crippen LogP contribution in [0.5, 0.6) is 5.75 Å². The van der Waals surface area contributed by atoms with Gasteiger partial charge in [0, 0.05) is 26.4 Å². The summed E-state index contributed by atoms with van der Waals surface area (Å²) < 4.78 is 5.48. The highest BCUT2D eigenvalue weighted by Crippen LogP contribution is 2.26. The molecule has 1 saturated heterocycles. The number of β-amino-alcohol motifs (C(OH)–C–C–N with tert-alkyl or cyclic N) is 1. The van der Waals surface area contributed by atoms with Crippen molar-refractivity contribution < 1.29 is 19.4 Å². The summed E-state index contributed by atoms with van der Waals surface area (Å²) in [5, 5.41) is 13.4. The highest BCUT2D eigenvalue weighted by Gasteiger charge is 2.40. The molecule has 2 N–H and O–H groups in total. The van der Waals surface area contributed by atoms with E-state index in [0.717, 1.165) is 24.3 Å². The second-order valence-corrected chi connectivity index (χ2v) is 6.62. The van der Waals surface area contributed by atoms with Gasteiger partial charge >= 0.3 is 0 Å². The third-order valence-electron chi connectivity index (χ3n) is 4.79. The van der Waals surface area contributed by atoms with Gasteiger partial charge in [-0.3, -0.25) is 9.59 Å². The lowest BCUT2D eigenvalue weighted by molar-refractivity contribution is -0.150. The lowest BCUT2D eigenvalue weighted by Crippen LogP contribution is -2.58. The fourth-order valence-corrected chi connectivity index (χ4v) is 3.37. The monoisotopic (exact) mass is 332 g/mol. The predicted molar refractivity (Wildman–Crippen MR) is 88.8 cm³/mol. The van der Waals surface area contributed by atoms with Crippen LogP contribution in [-0.4, -0.2) is 53.7 Å². The number of likely N-dealkylation sites (tertiary alicyclic amines) is 1. The van der Waals surface area contributed by atoms with Gasteiger partial charge in [0.2, 0.25) is 5.91 Å². The van der Waals surface area contributed by atoms with Crippen LogP contribution in [0.4, 0.5) is 0 Å². The number of aliphatic hydroxyl groups is 1. The second-order valence-electron chi connectivity index (χ2n) is 6.62. The fraction of sp³-hybridized carbons (Fsp3) is 0.556. The maximum atomic E-state index is 12.3. The quantitative estimate of drug-likeness (QED) is 0.849. The molecular weight excluding hydrogens is 308 g/mol. The Bertz CT molecular complexity index is 646. The SMILES string of the molecule is CC(=O)N1CCC[C@@](O)(C(=O)NCCc2ccc3c(c2)CCO3)C1. The first-order chi connectivity index (χ1) is 11.5. The number of carbonyl (C=O) groups excluding carboxylic acids is 2. The molecule has 6 nitrogen and oxygen atoms in total. The van der Waals surface area contributed by atoms with Crippen LogP contribution in [0, 0.1) is 0 Å². The number of nitrogens with one attached hydrogen (secondary N) is 1. The average molecular weight is 332 g/mol. The Morgan fingerprint density at radius 1 is 1.42 bits per heavy atom. The van der Waals surface area contributed by atoms with Crippen LogP contribution in [0.2, 0.25) is 0 Å². The van der Waals surface area contributed by atoms with E-state index in [-0.39, 0.29) is 12.5 Å². The number of piperidine rings is 1. The summed E-state index contributed by atoms with van der Waals surface area (Å²) in [4.78, 5) is 25.4. The zero-order valence-electron chi connectivity index (χ0n) is 14.0. The van der Waals surface area contributed by atoms with Crippen LogP contribution in [0.25, 0.3) is 0 Å². The summed E-state index contributed by atoms with van der Waals surface area (Å²) in [6, 6.07) is 6.09. The van der Waals surface area contributed by atoms with E-state index in [1.165, 1.54) is 17.4 Å². The molecule has 0 bridgehead atoms. The van der Waals surface area contributed by atoms with E-state index in [2.05, 4.69) is 11.4 Å². The minimum atomic E-state index is -1.48. The normalized spacial score (nSPS) is 22.7. The van der Waals surface area contributed by atoms with Crippen LogP contribution in [0.15, 0.2) is 18.2 Å². The molecule has 6 heteroatoms. The fourth-order valence-electron chi connectivity index (χ4n) is 3.37. The number of carbonyl (C=O) groups is 2. The number of amides is 2. The van der Waals surface area contributed by atoms with Crippen molar-refractivity contribution in [3.05, 3.63) is 29.3 Å². The maximum Gasteiger partial charge on any atom is 0.253 e. The molecule has 3 rings (SSSR count). The van der Waals surface area contributed by atoms with Crippen molar-refractivity contribution in [2.24, 2.45) is 0 Å². The van der Waals surface area contributed by atoms with Crippen molar-refractivity contribution in [2.45, 2.75) is 38.2 Å². The Labute approximate surface area is 141 Å². The second kappa shape index (κ2) is 6.81. The maximum absolute atomic E-state index is 12.3. The molecule has 24 heavy (non-hydrogen) atoms. The molecule has 130 valence electrons. The lowest BCUT2D eigenvalue weighted by Gasteiger charge is -2.37. The molecular formula is C18H24N2O4. The molecule has 2 aliphatic heterocycles. The van der Waals surface area contributed by atoms with Crippen molar-refractivity contribution in [1.82, 2.24) is 10.2 Å². The summed E-state index contributed by atoms with van der Waals surface area (Å²) in [5.41, 5.74) is 0.873. The Kier molecular flexibility index (Phi) is 4.76. The van der Waals surface area contributed by atoms with Gasteiger partial charge < -0.3 is 20.1 Å². The standard InChI is InChI=1S/C18H24N2O4/c1-13(21)20-9-2-7-18(23,12-20)17(22)19-8-5-14-3-4-16-15(11-14)6-10-24-16/h3-4,11,23H,2,5-10,12H2,1H3,(H,19,22)/t18-/m0/s1. The van der Waals surface area contributed by atoms with Crippen LogP contribution >= 0.6 is 0 Å². The molecule has 0 radical (unpaired) electrons. The van der Waals surface area contributed by atoms with Gasteiger partial charge in [0.1, 0.15) is 5.75 Å². The first kappa shape index (κ1) is 16.8. The van der Waals surface area contributed by atoms with Crippen LogP contribution in [-0.2, 0) is 22.4 Å². The Morgan fingerprint density at radius 3 is 3.04 bits per heavy atom. The molecule has 1 aromatic carbocycles. The van der Waals surface area contributed by atoms with Crippen molar-refractivity contribution in [3.63, 3.8) is 0 Å². The van der Waals surface area contributed by atoms with Crippen molar-refractivity contribution >= 4 is 11.8 Å². The highest BCUT2D eigenvalue weighted by atomic mass is 16.5. The molecule has 2 aliphatic rings. The Hall–Kier alpha value is -2.08. The van der Waals surface area contributed by atoms with Gasteiger partial charge in [0.05, 0.1) is 13.2 Å². The Balaban J connectivity index is 1.52. The van der Waals surface area contributed by atoms with E-state index in [1.807, 2.05) is 12.1 Å². The molecule has 2 heterocycles. The first-order valence-electron chi connectivity index (χ1n) is 8.49. The van der Waals surface area contributed by atoms with Gasteiger partial charge in [0.15, 0.2) is 5.60 Å². The molecule has 0 spiro atoms. The largest absolute Gasteiger partial charge is 0.493 e. The van der Waals surface area contributed by atoms with Crippen molar-refractivity contribution in [1.29, 1.82) is 0 Å². The summed E-state index contributed by atoms with van der Waals surface area (Å²) in [7, 11) is 0. The molecule has 1 fully saturated rings. The smallest absolute Gasteiger partial charge is 0.253 e. The number of fused-ring (bicyclic) bond motifs is 1. The number of nitrogens with zero attached hydrogens (tertiary/aromatic N) is 1. The van der Waals surface area contributed by atoms with Gasteiger partial charge in [-0.25, -0.2) is 0 Å². The first-order valence-corrected chi connectivity index (χ1v) is 8.49. The summed E-state index contributed by atoms with van der Waals surface area (Å²) in [5.74, 6) is 0.447. The number of benzene rings is 1. The van der Waals surface area contributed by atoms with Crippen LogP contribution in [0.3, 0.4) is 0 Å². The summed E-state index contributed by atoms with van der Waals surface area (Å²) >= 11 is 0. The number of ether oxygens (including phenoxy) is 1. The predicted octanol–water partition coefficient (Wildman–Crippen LogP) is 0.654. The lowest BCUT2D eigenvalue weighted by atomic mass is 9.91. The minimum Gasteiger partial charge on any atom is -0.493 e. The number of rotatable bonds is 4.